The van der Waals surface area contributed by atoms with Gasteiger partial charge >= 0.3 is 0 Å². The average molecular weight is 288 g/mol. The Labute approximate surface area is 123 Å². The summed E-state index contributed by atoms with van der Waals surface area (Å²) in [5.41, 5.74) is 3.47. The molecule has 0 saturated heterocycles. The van der Waals surface area contributed by atoms with E-state index in [2.05, 4.69) is 32.9 Å². The highest BCUT2D eigenvalue weighted by Gasteiger charge is 2.22. The van der Waals surface area contributed by atoms with Gasteiger partial charge in [0.25, 0.3) is 5.91 Å². The number of H-pyrrole nitrogens is 1. The zero-order valence-electron chi connectivity index (χ0n) is 12.4. The Balaban J connectivity index is 1.79. The number of aromatic amines is 1. The molecule has 3 heterocycles. The summed E-state index contributed by atoms with van der Waals surface area (Å²) in [6, 6.07) is 1.92. The molecule has 1 aliphatic heterocycles. The van der Waals surface area contributed by atoms with Crippen molar-refractivity contribution in [1.29, 1.82) is 0 Å². The van der Waals surface area contributed by atoms with Gasteiger partial charge in [-0.25, -0.2) is 0 Å². The molecule has 1 aliphatic rings. The first-order valence-electron chi connectivity index (χ1n) is 7.30. The number of anilines is 1. The van der Waals surface area contributed by atoms with Crippen molar-refractivity contribution in [2.75, 3.05) is 11.9 Å². The molecule has 0 unspecified atom stereocenters. The Bertz CT molecular complexity index is 656. The molecule has 0 saturated carbocycles. The van der Waals surface area contributed by atoms with Crippen molar-refractivity contribution in [3.05, 3.63) is 28.7 Å². The monoisotopic (exact) mass is 288 g/mol. The number of hydrogen-bond acceptors (Lipinski definition) is 4. The normalized spacial score (nSPS) is 14.0. The molecule has 0 aliphatic carbocycles. The van der Waals surface area contributed by atoms with Crippen LogP contribution in [0.5, 0.6) is 0 Å². The van der Waals surface area contributed by atoms with E-state index in [0.29, 0.717) is 18.1 Å². The fraction of sp³-hybridized carbons (Fsp3) is 0.500. The highest BCUT2D eigenvalue weighted by molar-refractivity contribution is 6.03. The van der Waals surface area contributed by atoms with Gasteiger partial charge in [-0.2, -0.15) is 10.2 Å². The van der Waals surface area contributed by atoms with E-state index >= 15 is 0 Å². The average Bonchev–Trinajstić information content (AvgIpc) is 3.03. The largest absolute Gasteiger partial charge is 0.312 e. The van der Waals surface area contributed by atoms with Crippen LogP contribution in [0, 0.1) is 0 Å². The summed E-state index contributed by atoms with van der Waals surface area (Å²) in [6.45, 7) is 3.70. The maximum atomic E-state index is 12.4. The molecule has 112 valence electrons. The lowest BCUT2D eigenvalue weighted by Crippen LogP contribution is -2.25. The van der Waals surface area contributed by atoms with Gasteiger partial charge < -0.3 is 10.6 Å². The second-order valence-electron chi connectivity index (χ2n) is 5.30. The summed E-state index contributed by atoms with van der Waals surface area (Å²) in [5.74, 6) is 0.506. The zero-order valence-corrected chi connectivity index (χ0v) is 12.4. The van der Waals surface area contributed by atoms with Crippen molar-refractivity contribution >= 4 is 11.7 Å². The number of rotatable bonds is 4. The molecule has 1 amide bonds. The number of carbonyl (C=O) groups excluding carboxylic acids is 1. The molecule has 0 radical (unpaired) electrons. The molecule has 0 fully saturated rings. The first-order chi connectivity index (χ1) is 10.2. The first kappa shape index (κ1) is 13.8. The number of amides is 1. The fourth-order valence-corrected chi connectivity index (χ4v) is 2.61. The number of aryl methyl sites for hydroxylation is 2. The molecule has 3 N–H and O–H groups in total. The molecule has 7 heteroatoms. The maximum absolute atomic E-state index is 12.4. The van der Waals surface area contributed by atoms with Crippen LogP contribution in [0.25, 0.3) is 0 Å². The van der Waals surface area contributed by atoms with Crippen LogP contribution in [0.3, 0.4) is 0 Å². The lowest BCUT2D eigenvalue weighted by atomic mass is 10.1. The van der Waals surface area contributed by atoms with E-state index in [1.54, 1.807) is 4.68 Å². The molecule has 2 aromatic rings. The van der Waals surface area contributed by atoms with E-state index in [4.69, 9.17) is 0 Å². The second-order valence-corrected chi connectivity index (χ2v) is 5.30. The summed E-state index contributed by atoms with van der Waals surface area (Å²) in [4.78, 5) is 12.4. The van der Waals surface area contributed by atoms with Gasteiger partial charge in [0.15, 0.2) is 5.69 Å². The number of nitrogens with zero attached hydrogens (tertiary/aromatic N) is 3. The smallest absolute Gasteiger partial charge is 0.277 e. The number of carbonyl (C=O) groups is 1. The van der Waals surface area contributed by atoms with Crippen molar-refractivity contribution < 1.29 is 4.79 Å². The summed E-state index contributed by atoms with van der Waals surface area (Å²) in [5, 5.41) is 17.7. The minimum absolute atomic E-state index is 0.192. The summed E-state index contributed by atoms with van der Waals surface area (Å²) >= 11 is 0. The Hall–Kier alpha value is -2.15. The van der Waals surface area contributed by atoms with Gasteiger partial charge in [-0.3, -0.25) is 14.6 Å². The van der Waals surface area contributed by atoms with Crippen molar-refractivity contribution in [1.82, 2.24) is 25.3 Å². The van der Waals surface area contributed by atoms with Gasteiger partial charge in [-0.15, -0.1) is 0 Å². The van der Waals surface area contributed by atoms with Crippen molar-refractivity contribution in [2.45, 2.75) is 32.7 Å². The van der Waals surface area contributed by atoms with E-state index in [1.807, 2.05) is 13.1 Å². The van der Waals surface area contributed by atoms with Crippen LogP contribution in [0.2, 0.25) is 0 Å². The topological polar surface area (TPSA) is 87.6 Å². The Morgan fingerprint density at radius 2 is 2.38 bits per heavy atom. The summed E-state index contributed by atoms with van der Waals surface area (Å²) in [7, 11) is 1.83. The van der Waals surface area contributed by atoms with Crippen LogP contribution in [0.15, 0.2) is 6.07 Å². The first-order valence-corrected chi connectivity index (χ1v) is 7.30. The van der Waals surface area contributed by atoms with Crippen LogP contribution in [0.1, 0.15) is 40.8 Å². The third kappa shape index (κ3) is 2.69. The second kappa shape index (κ2) is 5.69. The van der Waals surface area contributed by atoms with Crippen LogP contribution in [-0.4, -0.2) is 32.4 Å². The van der Waals surface area contributed by atoms with Gasteiger partial charge in [-0.05, 0) is 6.42 Å². The highest BCUT2D eigenvalue weighted by Crippen LogP contribution is 2.17. The Kier molecular flexibility index (Phi) is 3.74. The van der Waals surface area contributed by atoms with Crippen LogP contribution < -0.4 is 10.6 Å². The van der Waals surface area contributed by atoms with Crippen molar-refractivity contribution in [3.63, 3.8) is 0 Å². The number of hydrogen-bond donors (Lipinski definition) is 3. The lowest BCUT2D eigenvalue weighted by Gasteiger charge is -2.12. The van der Waals surface area contributed by atoms with E-state index in [9.17, 15) is 4.79 Å². The van der Waals surface area contributed by atoms with Crippen molar-refractivity contribution in [3.8, 4) is 0 Å². The van der Waals surface area contributed by atoms with Crippen molar-refractivity contribution in [2.24, 2.45) is 7.05 Å². The number of aromatic nitrogens is 4. The minimum atomic E-state index is -0.192. The molecule has 0 spiro atoms. The molecule has 21 heavy (non-hydrogen) atoms. The van der Waals surface area contributed by atoms with E-state index in [0.717, 1.165) is 42.8 Å². The van der Waals surface area contributed by atoms with E-state index in [1.165, 1.54) is 0 Å². The van der Waals surface area contributed by atoms with Crippen LogP contribution in [-0.2, 0) is 26.4 Å². The standard InChI is InChI=1S/C14H20N6O/c1-3-4-9-7-12(20(2)19-9)16-14(21)13-10-8-15-6-5-11(10)17-18-13/h7,15H,3-6,8H2,1-2H3,(H,16,21)(H,17,18). The lowest BCUT2D eigenvalue weighted by molar-refractivity contribution is 0.102. The highest BCUT2D eigenvalue weighted by atomic mass is 16.2. The number of nitrogens with one attached hydrogen (secondary N) is 3. The van der Waals surface area contributed by atoms with Gasteiger partial charge in [0.1, 0.15) is 5.82 Å². The molecule has 2 aromatic heterocycles. The minimum Gasteiger partial charge on any atom is -0.312 e. The molecule has 0 bridgehead atoms. The van der Waals surface area contributed by atoms with Gasteiger partial charge in [0.05, 0.1) is 5.69 Å². The quantitative estimate of drug-likeness (QED) is 0.783. The number of fused-ring (bicyclic) bond motifs is 1. The molecule has 3 rings (SSSR count). The van der Waals surface area contributed by atoms with Gasteiger partial charge in [0.2, 0.25) is 0 Å². The Morgan fingerprint density at radius 3 is 3.19 bits per heavy atom. The molecule has 0 atom stereocenters. The van der Waals surface area contributed by atoms with Crippen LogP contribution in [0.4, 0.5) is 5.82 Å². The molecule has 0 aromatic carbocycles. The molecular weight excluding hydrogens is 268 g/mol. The predicted molar refractivity (Wildman–Crippen MR) is 79.2 cm³/mol. The zero-order chi connectivity index (χ0) is 14.8. The molecule has 7 nitrogen and oxygen atoms in total. The maximum Gasteiger partial charge on any atom is 0.277 e. The van der Waals surface area contributed by atoms with Gasteiger partial charge in [-0.1, -0.05) is 13.3 Å². The van der Waals surface area contributed by atoms with Crippen LogP contribution >= 0.6 is 0 Å². The SMILES string of the molecule is CCCc1cc(NC(=O)c2n[nH]c3c2CNCC3)n(C)n1. The summed E-state index contributed by atoms with van der Waals surface area (Å²) < 4.78 is 1.69. The third-order valence-corrected chi connectivity index (χ3v) is 3.70. The van der Waals surface area contributed by atoms with E-state index < -0.39 is 0 Å². The van der Waals surface area contributed by atoms with E-state index in [-0.39, 0.29) is 5.91 Å². The third-order valence-electron chi connectivity index (χ3n) is 3.70. The fourth-order valence-electron chi connectivity index (χ4n) is 2.61. The Morgan fingerprint density at radius 1 is 1.52 bits per heavy atom. The predicted octanol–water partition coefficient (Wildman–Crippen LogP) is 0.994. The van der Waals surface area contributed by atoms with Gasteiger partial charge in [0, 0.05) is 43.9 Å². The molecular formula is C14H20N6O. The summed E-state index contributed by atoms with van der Waals surface area (Å²) in [6.07, 6.45) is 2.82.